The molecule has 2 fully saturated rings. The van der Waals surface area contributed by atoms with E-state index < -0.39 is 0 Å². The predicted molar refractivity (Wildman–Crippen MR) is 59.7 cm³/mol. The molecule has 0 aromatic heterocycles. The van der Waals surface area contributed by atoms with Gasteiger partial charge >= 0.3 is 20.4 Å². The van der Waals surface area contributed by atoms with Crippen molar-refractivity contribution in [3.05, 3.63) is 36.2 Å². The molecule has 0 N–H and O–H groups in total. The summed E-state index contributed by atoms with van der Waals surface area (Å²) in [6, 6.07) is 9.40. The molecule has 0 spiro atoms. The Bertz CT molecular complexity index is 364. The van der Waals surface area contributed by atoms with Crippen molar-refractivity contribution in [2.75, 3.05) is 7.11 Å². The van der Waals surface area contributed by atoms with Gasteiger partial charge in [0.25, 0.3) is 0 Å². The van der Waals surface area contributed by atoms with Gasteiger partial charge in [-0.2, -0.15) is 30.0 Å². The van der Waals surface area contributed by atoms with E-state index in [0.29, 0.717) is 5.92 Å². The molecule has 2 aliphatic rings. The first kappa shape index (κ1) is 12.1. The minimum absolute atomic E-state index is 0. The van der Waals surface area contributed by atoms with Gasteiger partial charge in [-0.3, -0.25) is 0 Å². The van der Waals surface area contributed by atoms with Crippen LogP contribution in [-0.2, 0) is 20.4 Å². The smallest absolute Gasteiger partial charge is 0.554 e. The van der Waals surface area contributed by atoms with Crippen molar-refractivity contribution in [3.63, 3.8) is 0 Å². The van der Waals surface area contributed by atoms with Crippen molar-refractivity contribution in [1.82, 2.24) is 0 Å². The molecule has 0 amide bonds. The van der Waals surface area contributed by atoms with Gasteiger partial charge in [0.05, 0.1) is 7.11 Å². The average molecular weight is 307 g/mol. The van der Waals surface area contributed by atoms with E-state index in [0.717, 1.165) is 17.6 Å². The third-order valence-corrected chi connectivity index (χ3v) is 3.90. The van der Waals surface area contributed by atoms with Gasteiger partial charge in [-0.05, 0) is 0 Å². The van der Waals surface area contributed by atoms with Gasteiger partial charge in [0.15, 0.2) is 0 Å². The Balaban J connectivity index is 0.000000963. The maximum Gasteiger partial charge on any atom is 2.00 e. The maximum absolute atomic E-state index is 5.41. The second-order valence-corrected chi connectivity index (χ2v) is 4.70. The molecular weight excluding hydrogens is 291 g/mol. The molecule has 1 aromatic rings. The van der Waals surface area contributed by atoms with E-state index in [1.165, 1.54) is 24.8 Å². The Morgan fingerprint density at radius 2 is 2.31 bits per heavy atom. The summed E-state index contributed by atoms with van der Waals surface area (Å²) in [4.78, 5) is 0. The van der Waals surface area contributed by atoms with Gasteiger partial charge in [0, 0.05) is 5.75 Å². The van der Waals surface area contributed by atoms with Crippen LogP contribution in [0.1, 0.15) is 30.7 Å². The van der Waals surface area contributed by atoms with Crippen molar-refractivity contribution < 1.29 is 25.2 Å². The van der Waals surface area contributed by atoms with E-state index in [2.05, 4.69) is 12.5 Å². The van der Waals surface area contributed by atoms with Crippen molar-refractivity contribution in [2.45, 2.75) is 25.2 Å². The van der Waals surface area contributed by atoms with E-state index in [4.69, 9.17) is 4.74 Å². The molecule has 88 valence electrons. The molecule has 0 heterocycles. The van der Waals surface area contributed by atoms with E-state index in [9.17, 15) is 0 Å². The van der Waals surface area contributed by atoms with Gasteiger partial charge in [0.2, 0.25) is 0 Å². The first-order chi connectivity index (χ1) is 7.38. The number of ether oxygens (including phenoxy) is 1. The standard InChI is InChI=1S/C14H16O.Pd/c1-15-14-5-3-2-4-12(14)13-9-10-6-7-11(13)8-10;/h2-3,5,9-11,13H,6-8H2,1H3;/q-2;+2. The number of rotatable bonds is 2. The summed E-state index contributed by atoms with van der Waals surface area (Å²) in [7, 11) is 1.75. The summed E-state index contributed by atoms with van der Waals surface area (Å²) in [6.45, 7) is 0. The zero-order valence-electron chi connectivity index (χ0n) is 9.39. The Kier molecular flexibility index (Phi) is 3.72. The molecular formula is C14H16OPd. The summed E-state index contributed by atoms with van der Waals surface area (Å²) in [5.41, 5.74) is 1.27. The van der Waals surface area contributed by atoms with Gasteiger partial charge in [-0.25, -0.2) is 0 Å². The van der Waals surface area contributed by atoms with Crippen LogP contribution in [0.4, 0.5) is 0 Å². The van der Waals surface area contributed by atoms with Gasteiger partial charge in [-0.15, -0.1) is 11.6 Å². The number of benzene rings is 1. The molecule has 2 heteroatoms. The van der Waals surface area contributed by atoms with Gasteiger partial charge in [-0.1, -0.05) is 25.2 Å². The molecule has 3 atom stereocenters. The average Bonchev–Trinajstić information content (AvgIpc) is 2.90. The normalized spacial score (nSPS) is 31.2. The van der Waals surface area contributed by atoms with Crippen molar-refractivity contribution >= 4 is 0 Å². The Labute approximate surface area is 111 Å². The van der Waals surface area contributed by atoms with Crippen LogP contribution < -0.4 is 4.74 Å². The summed E-state index contributed by atoms with van der Waals surface area (Å²) >= 11 is 0. The third kappa shape index (κ3) is 1.94. The van der Waals surface area contributed by atoms with Crippen LogP contribution in [0.2, 0.25) is 0 Å². The Hall–Kier alpha value is -0.318. The number of hydrogen-bond acceptors (Lipinski definition) is 1. The van der Waals surface area contributed by atoms with Crippen LogP contribution in [0.3, 0.4) is 0 Å². The zero-order chi connectivity index (χ0) is 10.3. The van der Waals surface area contributed by atoms with Gasteiger partial charge < -0.3 is 11.2 Å². The number of hydrogen-bond donors (Lipinski definition) is 0. The first-order valence-electron chi connectivity index (χ1n) is 5.78. The van der Waals surface area contributed by atoms with Crippen LogP contribution in [0.25, 0.3) is 0 Å². The molecule has 0 aliphatic heterocycles. The maximum atomic E-state index is 5.41. The molecule has 3 unspecified atom stereocenters. The molecule has 0 saturated heterocycles. The van der Waals surface area contributed by atoms with Crippen LogP contribution >= 0.6 is 0 Å². The summed E-state index contributed by atoms with van der Waals surface area (Å²) in [5.74, 6) is 3.31. The molecule has 2 aliphatic carbocycles. The van der Waals surface area contributed by atoms with E-state index in [1.807, 2.05) is 18.2 Å². The minimum atomic E-state index is 0. The summed E-state index contributed by atoms with van der Waals surface area (Å²) < 4.78 is 5.41. The molecule has 2 saturated carbocycles. The predicted octanol–water partition coefficient (Wildman–Crippen LogP) is 3.21. The van der Waals surface area contributed by atoms with Gasteiger partial charge in [0.1, 0.15) is 0 Å². The summed E-state index contributed by atoms with van der Waals surface area (Å²) in [5, 5.41) is 0. The van der Waals surface area contributed by atoms with E-state index in [1.54, 1.807) is 7.11 Å². The third-order valence-electron chi connectivity index (χ3n) is 3.90. The number of methoxy groups -OCH3 is 1. The van der Waals surface area contributed by atoms with Crippen LogP contribution in [0.5, 0.6) is 5.75 Å². The topological polar surface area (TPSA) is 9.23 Å². The first-order valence-corrected chi connectivity index (χ1v) is 5.78. The fourth-order valence-electron chi connectivity index (χ4n) is 3.21. The van der Waals surface area contributed by atoms with Crippen LogP contribution in [-0.4, -0.2) is 7.11 Å². The fourth-order valence-corrected chi connectivity index (χ4v) is 3.21. The molecule has 1 aromatic carbocycles. The molecule has 2 bridgehead atoms. The van der Waals surface area contributed by atoms with E-state index in [-0.39, 0.29) is 20.4 Å². The van der Waals surface area contributed by atoms with Crippen LogP contribution in [0.15, 0.2) is 18.2 Å². The fraction of sp³-hybridized carbons (Fsp3) is 0.500. The SMILES string of the molecule is COc1ccc[c-]c1C1[CH-]C2CCC1C2.[Pd+2]. The van der Waals surface area contributed by atoms with E-state index >= 15 is 0 Å². The Morgan fingerprint density at radius 3 is 2.94 bits per heavy atom. The molecule has 0 radical (unpaired) electrons. The van der Waals surface area contributed by atoms with Crippen molar-refractivity contribution in [2.24, 2.45) is 11.8 Å². The Morgan fingerprint density at radius 1 is 1.44 bits per heavy atom. The minimum Gasteiger partial charge on any atom is -0.554 e. The number of fused-ring (bicyclic) bond motifs is 2. The second-order valence-electron chi connectivity index (χ2n) is 4.70. The zero-order valence-corrected chi connectivity index (χ0v) is 10.9. The van der Waals surface area contributed by atoms with Crippen molar-refractivity contribution in [3.8, 4) is 5.75 Å². The summed E-state index contributed by atoms with van der Waals surface area (Å²) in [6.07, 6.45) is 6.69. The van der Waals surface area contributed by atoms with Crippen molar-refractivity contribution in [1.29, 1.82) is 0 Å². The second kappa shape index (κ2) is 4.90. The molecule has 1 nitrogen and oxygen atoms in total. The quantitative estimate of drug-likeness (QED) is 0.602. The monoisotopic (exact) mass is 306 g/mol. The molecule has 16 heavy (non-hydrogen) atoms. The van der Waals surface area contributed by atoms with Crippen LogP contribution in [0, 0.1) is 24.3 Å². The molecule has 3 rings (SSSR count). The largest absolute Gasteiger partial charge is 2.00 e.